The summed E-state index contributed by atoms with van der Waals surface area (Å²) in [7, 11) is 0. The number of nitrogens with two attached hydrogens (primary N) is 1. The lowest BCUT2D eigenvalue weighted by molar-refractivity contribution is -0.139. The van der Waals surface area contributed by atoms with Crippen molar-refractivity contribution >= 4 is 5.82 Å². The van der Waals surface area contributed by atoms with E-state index in [1.54, 1.807) is 4.57 Å². The predicted octanol–water partition coefficient (Wildman–Crippen LogP) is 4.05. The SMILES string of the molecule is CC(C)(C)n1cnc(-c2ccc(F)c(C(F)(F)F)c2)c1N. The zero-order valence-corrected chi connectivity index (χ0v) is 11.8. The average molecular weight is 301 g/mol. The van der Waals surface area contributed by atoms with Gasteiger partial charge in [0.05, 0.1) is 11.9 Å². The Morgan fingerprint density at radius 2 is 1.76 bits per heavy atom. The summed E-state index contributed by atoms with van der Waals surface area (Å²) in [5.74, 6) is -1.08. The molecule has 1 heterocycles. The first-order valence-electron chi connectivity index (χ1n) is 6.22. The van der Waals surface area contributed by atoms with Crippen LogP contribution in [-0.4, -0.2) is 9.55 Å². The van der Waals surface area contributed by atoms with E-state index in [-0.39, 0.29) is 22.6 Å². The molecule has 0 saturated heterocycles. The van der Waals surface area contributed by atoms with Crippen molar-refractivity contribution in [3.63, 3.8) is 0 Å². The van der Waals surface area contributed by atoms with Gasteiger partial charge in [0.25, 0.3) is 0 Å². The van der Waals surface area contributed by atoms with Gasteiger partial charge in [0.15, 0.2) is 0 Å². The van der Waals surface area contributed by atoms with E-state index >= 15 is 0 Å². The molecule has 0 radical (unpaired) electrons. The van der Waals surface area contributed by atoms with Crippen molar-refractivity contribution in [1.82, 2.24) is 9.55 Å². The number of nitrogen functional groups attached to an aromatic ring is 1. The number of rotatable bonds is 1. The largest absolute Gasteiger partial charge is 0.419 e. The van der Waals surface area contributed by atoms with Crippen LogP contribution in [0.15, 0.2) is 24.5 Å². The van der Waals surface area contributed by atoms with Gasteiger partial charge in [0.2, 0.25) is 0 Å². The van der Waals surface area contributed by atoms with Gasteiger partial charge in [0, 0.05) is 11.1 Å². The first-order chi connectivity index (χ1) is 9.51. The Hall–Kier alpha value is -2.05. The molecule has 114 valence electrons. The zero-order valence-electron chi connectivity index (χ0n) is 11.8. The minimum Gasteiger partial charge on any atom is -0.383 e. The average Bonchev–Trinajstić information content (AvgIpc) is 2.70. The van der Waals surface area contributed by atoms with E-state index in [0.29, 0.717) is 0 Å². The number of halogens is 4. The Balaban J connectivity index is 2.57. The number of hydrogen-bond donors (Lipinski definition) is 1. The number of hydrogen-bond acceptors (Lipinski definition) is 2. The van der Waals surface area contributed by atoms with Gasteiger partial charge in [-0.1, -0.05) is 0 Å². The Bertz CT molecular complexity index is 666. The third-order valence-electron chi connectivity index (χ3n) is 3.07. The normalized spacial score (nSPS) is 12.7. The molecular weight excluding hydrogens is 286 g/mol. The molecule has 2 rings (SSSR count). The van der Waals surface area contributed by atoms with Crippen molar-refractivity contribution in [1.29, 1.82) is 0 Å². The number of imidazole rings is 1. The fraction of sp³-hybridized carbons (Fsp3) is 0.357. The molecule has 0 amide bonds. The van der Waals surface area contributed by atoms with Gasteiger partial charge in [-0.05, 0) is 39.0 Å². The molecule has 1 aromatic heterocycles. The van der Waals surface area contributed by atoms with Gasteiger partial charge < -0.3 is 10.3 Å². The lowest BCUT2D eigenvalue weighted by atomic mass is 10.1. The molecule has 21 heavy (non-hydrogen) atoms. The van der Waals surface area contributed by atoms with Crippen LogP contribution in [-0.2, 0) is 11.7 Å². The molecule has 0 atom stereocenters. The second-order valence-electron chi connectivity index (χ2n) is 5.71. The Kier molecular flexibility index (Phi) is 3.47. The monoisotopic (exact) mass is 301 g/mol. The maximum Gasteiger partial charge on any atom is 0.419 e. The standard InChI is InChI=1S/C14H15F4N3/c1-13(2,3)21-7-20-11(12(21)19)8-4-5-10(15)9(6-8)14(16,17)18/h4-7H,19H2,1-3H3. The third-order valence-corrected chi connectivity index (χ3v) is 3.07. The molecular formula is C14H15F4N3. The van der Waals surface area contributed by atoms with Gasteiger partial charge >= 0.3 is 6.18 Å². The Labute approximate surface area is 119 Å². The Morgan fingerprint density at radius 3 is 2.24 bits per heavy atom. The summed E-state index contributed by atoms with van der Waals surface area (Å²) in [4.78, 5) is 4.05. The summed E-state index contributed by atoms with van der Waals surface area (Å²) in [5, 5.41) is 0. The van der Waals surface area contributed by atoms with Gasteiger partial charge in [0.1, 0.15) is 17.3 Å². The first-order valence-corrected chi connectivity index (χ1v) is 6.22. The molecule has 0 unspecified atom stereocenters. The zero-order chi connectivity index (χ0) is 16.0. The van der Waals surface area contributed by atoms with E-state index in [4.69, 9.17) is 5.73 Å². The molecule has 0 aliphatic carbocycles. The molecule has 1 aromatic carbocycles. The van der Waals surface area contributed by atoms with E-state index in [1.807, 2.05) is 20.8 Å². The summed E-state index contributed by atoms with van der Waals surface area (Å²) < 4.78 is 53.2. The van der Waals surface area contributed by atoms with Gasteiger partial charge in [-0.25, -0.2) is 9.37 Å². The fourth-order valence-corrected chi connectivity index (χ4v) is 2.00. The molecule has 0 aliphatic heterocycles. The van der Waals surface area contributed by atoms with E-state index in [1.165, 1.54) is 12.4 Å². The summed E-state index contributed by atoms with van der Waals surface area (Å²) >= 11 is 0. The number of nitrogens with zero attached hydrogens (tertiary/aromatic N) is 2. The smallest absolute Gasteiger partial charge is 0.383 e. The van der Waals surface area contributed by atoms with Crippen molar-refractivity contribution in [3.05, 3.63) is 35.9 Å². The minimum atomic E-state index is -4.76. The van der Waals surface area contributed by atoms with Crippen LogP contribution in [0.1, 0.15) is 26.3 Å². The number of aromatic nitrogens is 2. The highest BCUT2D eigenvalue weighted by Gasteiger charge is 2.34. The number of alkyl halides is 3. The summed E-state index contributed by atoms with van der Waals surface area (Å²) in [5.41, 5.74) is 4.59. The van der Waals surface area contributed by atoms with Crippen molar-refractivity contribution < 1.29 is 17.6 Å². The van der Waals surface area contributed by atoms with Crippen LogP contribution in [0.2, 0.25) is 0 Å². The van der Waals surface area contributed by atoms with E-state index < -0.39 is 17.6 Å². The molecule has 0 saturated carbocycles. The van der Waals surface area contributed by atoms with Crippen LogP contribution < -0.4 is 5.73 Å². The Morgan fingerprint density at radius 1 is 1.14 bits per heavy atom. The predicted molar refractivity (Wildman–Crippen MR) is 72.0 cm³/mol. The molecule has 3 nitrogen and oxygen atoms in total. The summed E-state index contributed by atoms with van der Waals surface area (Å²) in [6, 6.07) is 2.73. The van der Waals surface area contributed by atoms with Crippen LogP contribution in [0.4, 0.5) is 23.4 Å². The van der Waals surface area contributed by atoms with Gasteiger partial charge in [-0.3, -0.25) is 0 Å². The van der Waals surface area contributed by atoms with E-state index in [2.05, 4.69) is 4.98 Å². The second-order valence-corrected chi connectivity index (χ2v) is 5.71. The number of anilines is 1. The molecule has 2 aromatic rings. The van der Waals surface area contributed by atoms with Gasteiger partial charge in [-0.15, -0.1) is 0 Å². The lowest BCUT2D eigenvalue weighted by Gasteiger charge is -2.22. The fourth-order valence-electron chi connectivity index (χ4n) is 2.00. The molecule has 0 fully saturated rings. The number of benzene rings is 1. The first kappa shape index (κ1) is 15.3. The highest BCUT2D eigenvalue weighted by molar-refractivity contribution is 5.71. The van der Waals surface area contributed by atoms with Crippen molar-refractivity contribution in [2.45, 2.75) is 32.5 Å². The second kappa shape index (κ2) is 4.75. The van der Waals surface area contributed by atoms with Crippen LogP contribution in [0.25, 0.3) is 11.3 Å². The highest BCUT2D eigenvalue weighted by Crippen LogP contribution is 2.35. The van der Waals surface area contributed by atoms with Crippen molar-refractivity contribution in [2.75, 3.05) is 5.73 Å². The summed E-state index contributed by atoms with van der Waals surface area (Å²) in [6.45, 7) is 5.67. The maximum atomic E-state index is 13.3. The van der Waals surface area contributed by atoms with Crippen LogP contribution >= 0.6 is 0 Å². The summed E-state index contributed by atoms with van der Waals surface area (Å²) in [6.07, 6.45) is -3.30. The molecule has 0 bridgehead atoms. The quantitative estimate of drug-likeness (QED) is 0.808. The van der Waals surface area contributed by atoms with E-state index in [0.717, 1.165) is 12.1 Å². The highest BCUT2D eigenvalue weighted by atomic mass is 19.4. The third kappa shape index (κ3) is 2.86. The van der Waals surface area contributed by atoms with E-state index in [9.17, 15) is 17.6 Å². The van der Waals surface area contributed by atoms with Crippen LogP contribution in [0.3, 0.4) is 0 Å². The van der Waals surface area contributed by atoms with Crippen molar-refractivity contribution in [2.24, 2.45) is 0 Å². The lowest BCUT2D eigenvalue weighted by Crippen LogP contribution is -2.22. The van der Waals surface area contributed by atoms with Crippen LogP contribution in [0, 0.1) is 5.82 Å². The topological polar surface area (TPSA) is 43.8 Å². The van der Waals surface area contributed by atoms with Gasteiger partial charge in [-0.2, -0.15) is 13.2 Å². The molecule has 7 heteroatoms. The molecule has 2 N–H and O–H groups in total. The molecule has 0 aliphatic rings. The maximum absolute atomic E-state index is 13.3. The molecule has 0 spiro atoms. The van der Waals surface area contributed by atoms with Crippen LogP contribution in [0.5, 0.6) is 0 Å². The minimum absolute atomic E-state index is 0.129. The van der Waals surface area contributed by atoms with Crippen molar-refractivity contribution in [3.8, 4) is 11.3 Å².